The molecular formula is C20H27N3O2S. The summed E-state index contributed by atoms with van der Waals surface area (Å²) in [6.45, 7) is 6.08. The van der Waals surface area contributed by atoms with E-state index in [2.05, 4.69) is 17.2 Å². The van der Waals surface area contributed by atoms with Crippen molar-refractivity contribution < 1.29 is 4.79 Å². The Morgan fingerprint density at radius 2 is 1.96 bits per heavy atom. The largest absolute Gasteiger partial charge is 0.325 e. The maximum absolute atomic E-state index is 12.8. The van der Waals surface area contributed by atoms with E-state index >= 15 is 0 Å². The summed E-state index contributed by atoms with van der Waals surface area (Å²) in [7, 11) is 1.70. The lowest BCUT2D eigenvalue weighted by Gasteiger charge is -2.17. The van der Waals surface area contributed by atoms with Crippen LogP contribution in [0.5, 0.6) is 0 Å². The maximum Gasteiger partial charge on any atom is 0.254 e. The van der Waals surface area contributed by atoms with E-state index in [1.54, 1.807) is 13.1 Å². The van der Waals surface area contributed by atoms with Crippen LogP contribution in [0.25, 0.3) is 0 Å². The predicted molar refractivity (Wildman–Crippen MR) is 108 cm³/mol. The summed E-state index contributed by atoms with van der Waals surface area (Å²) in [5.74, 6) is -0.0524. The molecule has 0 aliphatic rings. The van der Waals surface area contributed by atoms with Gasteiger partial charge in [0.2, 0.25) is 5.91 Å². The average Bonchev–Trinajstić information content (AvgIpc) is 2.63. The molecule has 0 saturated heterocycles. The van der Waals surface area contributed by atoms with Gasteiger partial charge in [0.05, 0.1) is 5.25 Å². The van der Waals surface area contributed by atoms with Crippen LogP contribution in [0.3, 0.4) is 0 Å². The smallest absolute Gasteiger partial charge is 0.254 e. The van der Waals surface area contributed by atoms with Gasteiger partial charge >= 0.3 is 0 Å². The summed E-state index contributed by atoms with van der Waals surface area (Å²) in [5, 5.41) is 3.29. The monoisotopic (exact) mass is 373 g/mol. The molecule has 140 valence electrons. The van der Waals surface area contributed by atoms with Crippen LogP contribution in [0.4, 0.5) is 5.69 Å². The number of rotatable bonds is 8. The molecule has 1 aromatic heterocycles. The minimum Gasteiger partial charge on any atom is -0.325 e. The van der Waals surface area contributed by atoms with Gasteiger partial charge in [-0.3, -0.25) is 14.2 Å². The zero-order chi connectivity index (χ0) is 19.1. The summed E-state index contributed by atoms with van der Waals surface area (Å²) in [6, 6.07) is 9.30. The number of unbranched alkanes of at least 4 members (excludes halogenated alkanes) is 1. The first-order chi connectivity index (χ1) is 12.4. The van der Waals surface area contributed by atoms with Crippen molar-refractivity contribution in [3.63, 3.8) is 0 Å². The molecule has 1 heterocycles. The minimum absolute atomic E-state index is 0.0524. The number of benzene rings is 1. The molecule has 1 aromatic carbocycles. The van der Waals surface area contributed by atoms with Crippen LogP contribution in [0, 0.1) is 6.92 Å². The van der Waals surface area contributed by atoms with E-state index in [0.29, 0.717) is 11.6 Å². The molecule has 0 aliphatic carbocycles. The van der Waals surface area contributed by atoms with Gasteiger partial charge in [-0.1, -0.05) is 56.1 Å². The summed E-state index contributed by atoms with van der Waals surface area (Å²) >= 11 is 1.37. The lowest BCUT2D eigenvalue weighted by Crippen LogP contribution is -2.27. The SMILES string of the molecule is CCCCC(Sc1nc(CC)cc(=O)n1C)C(=O)Nc1ccc(C)cc1. The van der Waals surface area contributed by atoms with Gasteiger partial charge in [0.15, 0.2) is 5.16 Å². The lowest BCUT2D eigenvalue weighted by molar-refractivity contribution is -0.115. The van der Waals surface area contributed by atoms with Crippen molar-refractivity contribution in [1.29, 1.82) is 0 Å². The van der Waals surface area contributed by atoms with Gasteiger partial charge in [0.1, 0.15) is 0 Å². The second-order valence-electron chi connectivity index (χ2n) is 6.38. The molecule has 0 fully saturated rings. The van der Waals surface area contributed by atoms with Gasteiger partial charge in [0, 0.05) is 24.5 Å². The van der Waals surface area contributed by atoms with Crippen molar-refractivity contribution in [2.75, 3.05) is 5.32 Å². The number of aromatic nitrogens is 2. The van der Waals surface area contributed by atoms with E-state index in [1.807, 2.05) is 38.1 Å². The Kier molecular flexibility index (Phi) is 7.45. The molecule has 1 amide bonds. The van der Waals surface area contributed by atoms with Crippen molar-refractivity contribution >= 4 is 23.4 Å². The van der Waals surface area contributed by atoms with Gasteiger partial charge in [-0.2, -0.15) is 0 Å². The number of hydrogen-bond donors (Lipinski definition) is 1. The number of hydrogen-bond acceptors (Lipinski definition) is 4. The van der Waals surface area contributed by atoms with Crippen molar-refractivity contribution in [2.45, 2.75) is 56.9 Å². The average molecular weight is 374 g/mol. The van der Waals surface area contributed by atoms with Crippen LogP contribution in [0.15, 0.2) is 40.3 Å². The Morgan fingerprint density at radius 1 is 1.27 bits per heavy atom. The minimum atomic E-state index is -0.290. The lowest BCUT2D eigenvalue weighted by atomic mass is 10.2. The number of anilines is 1. The van der Waals surface area contributed by atoms with Gasteiger partial charge < -0.3 is 5.32 Å². The quantitative estimate of drug-likeness (QED) is 0.562. The van der Waals surface area contributed by atoms with Crippen LogP contribution in [0.2, 0.25) is 0 Å². The maximum atomic E-state index is 12.8. The molecule has 1 unspecified atom stereocenters. The Hall–Kier alpha value is -2.08. The Labute approximate surface area is 159 Å². The highest BCUT2D eigenvalue weighted by Gasteiger charge is 2.22. The zero-order valence-electron chi connectivity index (χ0n) is 15.9. The van der Waals surface area contributed by atoms with Gasteiger partial charge in [-0.25, -0.2) is 4.98 Å². The third-order valence-electron chi connectivity index (χ3n) is 4.19. The zero-order valence-corrected chi connectivity index (χ0v) is 16.7. The Morgan fingerprint density at radius 3 is 2.58 bits per heavy atom. The van der Waals surface area contributed by atoms with Gasteiger partial charge in [-0.15, -0.1) is 0 Å². The molecule has 1 atom stereocenters. The fourth-order valence-electron chi connectivity index (χ4n) is 2.47. The molecule has 0 spiro atoms. The molecule has 2 aromatic rings. The molecule has 5 nitrogen and oxygen atoms in total. The van der Waals surface area contributed by atoms with Gasteiger partial charge in [0.25, 0.3) is 5.56 Å². The summed E-state index contributed by atoms with van der Waals surface area (Å²) in [6.07, 6.45) is 3.39. The summed E-state index contributed by atoms with van der Waals surface area (Å²) in [4.78, 5) is 29.5. The first-order valence-corrected chi connectivity index (χ1v) is 9.93. The van der Waals surface area contributed by atoms with Crippen molar-refractivity contribution in [3.05, 3.63) is 51.9 Å². The molecule has 0 bridgehead atoms. The first-order valence-electron chi connectivity index (χ1n) is 9.05. The standard InChI is InChI=1S/C20H27N3O2S/c1-5-7-8-17(19(25)21-16-11-9-14(3)10-12-16)26-20-22-15(6-2)13-18(24)23(20)4/h9-13,17H,5-8H2,1-4H3,(H,21,25). The number of nitrogens with zero attached hydrogens (tertiary/aromatic N) is 2. The second kappa shape index (κ2) is 9.57. The molecular weight excluding hydrogens is 346 g/mol. The summed E-state index contributed by atoms with van der Waals surface area (Å²) < 4.78 is 1.52. The van der Waals surface area contributed by atoms with Crippen LogP contribution in [0.1, 0.15) is 44.4 Å². The van der Waals surface area contributed by atoms with Crippen LogP contribution in [-0.4, -0.2) is 20.7 Å². The predicted octanol–water partition coefficient (Wildman–Crippen LogP) is 3.94. The third-order valence-corrected chi connectivity index (χ3v) is 5.50. The number of carbonyl (C=O) groups excluding carboxylic acids is 1. The highest BCUT2D eigenvalue weighted by Crippen LogP contribution is 2.26. The third kappa shape index (κ3) is 5.46. The second-order valence-corrected chi connectivity index (χ2v) is 7.55. The molecule has 2 rings (SSSR count). The molecule has 0 aliphatic heterocycles. The van der Waals surface area contributed by atoms with Crippen LogP contribution < -0.4 is 10.9 Å². The van der Waals surface area contributed by atoms with E-state index in [-0.39, 0.29) is 16.7 Å². The molecule has 0 radical (unpaired) electrons. The van der Waals surface area contributed by atoms with Crippen molar-refractivity contribution in [3.8, 4) is 0 Å². The number of aryl methyl sites for hydroxylation is 2. The normalized spacial score (nSPS) is 12.0. The Balaban J connectivity index is 2.21. The van der Waals surface area contributed by atoms with Crippen LogP contribution >= 0.6 is 11.8 Å². The Bertz CT molecular complexity index is 800. The number of carbonyl (C=O) groups is 1. The van der Waals surface area contributed by atoms with E-state index in [1.165, 1.54) is 16.3 Å². The fourth-order valence-corrected chi connectivity index (χ4v) is 3.59. The number of amides is 1. The topological polar surface area (TPSA) is 64.0 Å². The van der Waals surface area contributed by atoms with Gasteiger partial charge in [-0.05, 0) is 31.9 Å². The fraction of sp³-hybridized carbons (Fsp3) is 0.450. The molecule has 1 N–H and O–H groups in total. The highest BCUT2D eigenvalue weighted by molar-refractivity contribution is 8.00. The first kappa shape index (κ1) is 20.2. The molecule has 26 heavy (non-hydrogen) atoms. The summed E-state index contributed by atoms with van der Waals surface area (Å²) in [5.41, 5.74) is 2.60. The van der Waals surface area contributed by atoms with Crippen molar-refractivity contribution in [2.24, 2.45) is 7.05 Å². The van der Waals surface area contributed by atoms with E-state index in [0.717, 1.165) is 36.2 Å². The molecule has 0 saturated carbocycles. The van der Waals surface area contributed by atoms with E-state index in [4.69, 9.17) is 0 Å². The van der Waals surface area contributed by atoms with E-state index < -0.39 is 0 Å². The molecule has 6 heteroatoms. The van der Waals surface area contributed by atoms with Crippen molar-refractivity contribution in [1.82, 2.24) is 9.55 Å². The number of nitrogens with one attached hydrogen (secondary N) is 1. The highest BCUT2D eigenvalue weighted by atomic mass is 32.2. The van der Waals surface area contributed by atoms with E-state index in [9.17, 15) is 9.59 Å². The number of thioether (sulfide) groups is 1. The van der Waals surface area contributed by atoms with Crippen LogP contribution in [-0.2, 0) is 18.3 Å².